The first-order chi connectivity index (χ1) is 10.2. The third-order valence-electron chi connectivity index (χ3n) is 3.42. The second-order valence-electron chi connectivity index (χ2n) is 5.03. The van der Waals surface area contributed by atoms with Crippen molar-refractivity contribution in [2.24, 2.45) is 0 Å². The summed E-state index contributed by atoms with van der Waals surface area (Å²) in [6.45, 7) is 2.58. The van der Waals surface area contributed by atoms with Crippen molar-refractivity contribution in [3.63, 3.8) is 0 Å². The fourth-order valence-electron chi connectivity index (χ4n) is 2.35. The molecule has 0 unspecified atom stereocenters. The Morgan fingerprint density at radius 2 is 2.38 bits per heavy atom. The average Bonchev–Trinajstić information content (AvgIpc) is 3.14. The molecule has 0 amide bonds. The number of rotatable bonds is 4. The molecule has 1 saturated heterocycles. The molecule has 21 heavy (non-hydrogen) atoms. The molecule has 1 fully saturated rings. The van der Waals surface area contributed by atoms with E-state index in [0.717, 1.165) is 30.2 Å². The Labute approximate surface area is 122 Å². The Bertz CT molecular complexity index is 644. The van der Waals surface area contributed by atoms with Crippen LogP contribution in [0.3, 0.4) is 0 Å². The zero-order chi connectivity index (χ0) is 14.7. The molecule has 2 atom stereocenters. The van der Waals surface area contributed by atoms with Gasteiger partial charge in [0.05, 0.1) is 18.0 Å². The number of H-pyrrole nitrogens is 1. The molecule has 7 heteroatoms. The van der Waals surface area contributed by atoms with E-state index in [9.17, 15) is 0 Å². The van der Waals surface area contributed by atoms with Gasteiger partial charge in [-0.25, -0.2) is 9.97 Å². The number of nitrogens with zero attached hydrogens (tertiary/aromatic N) is 4. The van der Waals surface area contributed by atoms with E-state index in [1.54, 1.807) is 12.3 Å². The third-order valence-corrected chi connectivity index (χ3v) is 3.42. The third kappa shape index (κ3) is 3.17. The molecule has 3 rings (SSSR count). The van der Waals surface area contributed by atoms with Gasteiger partial charge in [0.2, 0.25) is 0 Å². The van der Waals surface area contributed by atoms with Crippen molar-refractivity contribution in [1.29, 1.82) is 5.26 Å². The fraction of sp³-hybridized carbons (Fsp3) is 0.429. The Balaban J connectivity index is 1.51. The molecule has 3 heterocycles. The molecule has 0 aliphatic carbocycles. The molecule has 1 aliphatic rings. The van der Waals surface area contributed by atoms with Crippen molar-refractivity contribution in [3.8, 4) is 6.07 Å². The summed E-state index contributed by atoms with van der Waals surface area (Å²) < 4.78 is 5.95. The lowest BCUT2D eigenvalue weighted by Gasteiger charge is -2.13. The molecule has 7 nitrogen and oxygen atoms in total. The zero-order valence-electron chi connectivity index (χ0n) is 11.7. The van der Waals surface area contributed by atoms with E-state index < -0.39 is 0 Å². The van der Waals surface area contributed by atoms with Crippen LogP contribution in [0.4, 0.5) is 5.69 Å². The van der Waals surface area contributed by atoms with Gasteiger partial charge in [-0.2, -0.15) is 10.4 Å². The second-order valence-corrected chi connectivity index (χ2v) is 5.03. The number of aromatic amines is 1. The van der Waals surface area contributed by atoms with Gasteiger partial charge in [-0.05, 0) is 31.9 Å². The van der Waals surface area contributed by atoms with E-state index in [0.29, 0.717) is 12.2 Å². The quantitative estimate of drug-likeness (QED) is 0.886. The molecule has 0 aromatic carbocycles. The Hall–Kier alpha value is -2.46. The maximum atomic E-state index is 8.70. The van der Waals surface area contributed by atoms with E-state index in [-0.39, 0.29) is 12.2 Å². The minimum Gasteiger partial charge on any atom is -0.381 e. The van der Waals surface area contributed by atoms with E-state index in [1.807, 2.05) is 19.1 Å². The molecule has 1 aliphatic heterocycles. The summed E-state index contributed by atoms with van der Waals surface area (Å²) in [5, 5.41) is 19.0. The smallest absolute Gasteiger partial charge is 0.179 e. The number of anilines is 1. The number of ether oxygens (including phenoxy) is 1. The Morgan fingerprint density at radius 3 is 3.05 bits per heavy atom. The molecule has 2 aromatic rings. The van der Waals surface area contributed by atoms with Crippen molar-refractivity contribution in [2.75, 3.05) is 11.9 Å². The van der Waals surface area contributed by atoms with Gasteiger partial charge >= 0.3 is 0 Å². The summed E-state index contributed by atoms with van der Waals surface area (Å²) in [4.78, 5) is 8.33. The van der Waals surface area contributed by atoms with Gasteiger partial charge in [0, 0.05) is 6.54 Å². The predicted molar refractivity (Wildman–Crippen MR) is 75.4 cm³/mol. The van der Waals surface area contributed by atoms with Gasteiger partial charge in [-0.1, -0.05) is 0 Å². The summed E-state index contributed by atoms with van der Waals surface area (Å²) >= 11 is 0. The molecule has 0 radical (unpaired) electrons. The SMILES string of the molecule is Cc1nc([C@@H]2CC[C@H](CNc3ccc(C#N)nc3)O2)n[nH]1. The van der Waals surface area contributed by atoms with Crippen molar-refractivity contribution < 1.29 is 4.74 Å². The van der Waals surface area contributed by atoms with Crippen molar-refractivity contribution in [1.82, 2.24) is 20.2 Å². The summed E-state index contributed by atoms with van der Waals surface area (Å²) in [5.74, 6) is 1.54. The van der Waals surface area contributed by atoms with Gasteiger partial charge in [0.25, 0.3) is 0 Å². The standard InChI is InChI=1S/C14H16N6O/c1-9-18-14(20-19-9)13-5-4-12(21-13)8-17-11-3-2-10(6-15)16-7-11/h2-3,7,12-13,17H,4-5,8H2,1H3,(H,18,19,20)/t12-,13+/m1/s1. The van der Waals surface area contributed by atoms with Crippen molar-refractivity contribution in [3.05, 3.63) is 35.7 Å². The number of nitriles is 1. The minimum atomic E-state index is -0.0270. The minimum absolute atomic E-state index is 0.0270. The van der Waals surface area contributed by atoms with Crippen LogP contribution in [0.2, 0.25) is 0 Å². The van der Waals surface area contributed by atoms with Crippen LogP contribution in [0.15, 0.2) is 18.3 Å². The van der Waals surface area contributed by atoms with Gasteiger partial charge in [-0.15, -0.1) is 0 Å². The average molecular weight is 284 g/mol. The van der Waals surface area contributed by atoms with Crippen LogP contribution in [-0.4, -0.2) is 32.8 Å². The van der Waals surface area contributed by atoms with Gasteiger partial charge in [-0.3, -0.25) is 5.10 Å². The monoisotopic (exact) mass is 284 g/mol. The van der Waals surface area contributed by atoms with Crippen LogP contribution in [0.25, 0.3) is 0 Å². The van der Waals surface area contributed by atoms with Gasteiger partial charge < -0.3 is 10.1 Å². The number of aryl methyl sites for hydroxylation is 1. The highest BCUT2D eigenvalue weighted by Gasteiger charge is 2.28. The van der Waals surface area contributed by atoms with E-state index in [1.165, 1.54) is 0 Å². The first-order valence-electron chi connectivity index (χ1n) is 6.89. The normalized spacial score (nSPS) is 21.1. The maximum Gasteiger partial charge on any atom is 0.179 e. The lowest BCUT2D eigenvalue weighted by Crippen LogP contribution is -2.19. The van der Waals surface area contributed by atoms with Crippen molar-refractivity contribution >= 4 is 5.69 Å². The van der Waals surface area contributed by atoms with Crippen LogP contribution >= 0.6 is 0 Å². The maximum absolute atomic E-state index is 8.70. The molecular weight excluding hydrogens is 268 g/mol. The van der Waals surface area contributed by atoms with Crippen LogP contribution in [0, 0.1) is 18.3 Å². The van der Waals surface area contributed by atoms with Gasteiger partial charge in [0.15, 0.2) is 5.82 Å². The molecule has 108 valence electrons. The lowest BCUT2D eigenvalue weighted by molar-refractivity contribution is 0.0472. The Kier molecular flexibility index (Phi) is 3.79. The number of hydrogen-bond acceptors (Lipinski definition) is 6. The largest absolute Gasteiger partial charge is 0.381 e. The number of nitrogens with one attached hydrogen (secondary N) is 2. The summed E-state index contributed by atoms with van der Waals surface area (Å²) in [5.41, 5.74) is 1.30. The van der Waals surface area contributed by atoms with Crippen LogP contribution in [0.1, 0.15) is 36.3 Å². The van der Waals surface area contributed by atoms with Crippen molar-refractivity contribution in [2.45, 2.75) is 32.0 Å². The van der Waals surface area contributed by atoms with Crippen LogP contribution in [-0.2, 0) is 4.74 Å². The number of hydrogen-bond donors (Lipinski definition) is 2. The molecule has 0 saturated carbocycles. The molecule has 2 aromatic heterocycles. The topological polar surface area (TPSA) is 99.5 Å². The summed E-state index contributed by atoms with van der Waals surface area (Å²) in [7, 11) is 0. The fourth-order valence-corrected chi connectivity index (χ4v) is 2.35. The summed E-state index contributed by atoms with van der Waals surface area (Å²) in [6, 6.07) is 5.53. The highest BCUT2D eigenvalue weighted by Crippen LogP contribution is 2.30. The van der Waals surface area contributed by atoms with Gasteiger partial charge in [0.1, 0.15) is 23.7 Å². The van der Waals surface area contributed by atoms with E-state index in [4.69, 9.17) is 10.00 Å². The first kappa shape index (κ1) is 13.5. The molecular formula is C14H16N6O. The highest BCUT2D eigenvalue weighted by atomic mass is 16.5. The second kappa shape index (κ2) is 5.89. The molecule has 0 bridgehead atoms. The predicted octanol–water partition coefficient (Wildman–Crippen LogP) is 1.71. The van der Waals surface area contributed by atoms with E-state index >= 15 is 0 Å². The van der Waals surface area contributed by atoms with Crippen LogP contribution < -0.4 is 5.32 Å². The first-order valence-corrected chi connectivity index (χ1v) is 6.89. The lowest BCUT2D eigenvalue weighted by atomic mass is 10.2. The molecule has 0 spiro atoms. The Morgan fingerprint density at radius 1 is 1.48 bits per heavy atom. The van der Waals surface area contributed by atoms with E-state index in [2.05, 4.69) is 25.5 Å². The zero-order valence-corrected chi connectivity index (χ0v) is 11.7. The summed E-state index contributed by atoms with van der Waals surface area (Å²) in [6.07, 6.45) is 3.65. The highest BCUT2D eigenvalue weighted by molar-refractivity contribution is 5.42. The molecule has 2 N–H and O–H groups in total. The van der Waals surface area contributed by atoms with Crippen LogP contribution in [0.5, 0.6) is 0 Å². The number of pyridine rings is 1. The number of aromatic nitrogens is 4.